The molecule has 5 heteroatoms. The fourth-order valence-electron chi connectivity index (χ4n) is 2.70. The molecule has 1 saturated carbocycles. The van der Waals surface area contributed by atoms with Crippen LogP contribution in [-0.2, 0) is 10.0 Å². The molecule has 0 amide bonds. The normalized spacial score (nSPS) is 38.9. The predicted molar refractivity (Wildman–Crippen MR) is 55.5 cm³/mol. The first kappa shape index (κ1) is 10.4. The minimum Gasteiger partial charge on any atom is -0.317 e. The summed E-state index contributed by atoms with van der Waals surface area (Å²) in [7, 11) is -0.988. The lowest BCUT2D eigenvalue weighted by Gasteiger charge is -2.45. The van der Waals surface area contributed by atoms with E-state index in [1.807, 2.05) is 7.05 Å². The molecule has 2 fully saturated rings. The van der Waals surface area contributed by atoms with E-state index in [0.29, 0.717) is 11.5 Å². The van der Waals surface area contributed by atoms with E-state index < -0.39 is 10.0 Å². The molecule has 1 heterocycles. The molecule has 82 valence electrons. The van der Waals surface area contributed by atoms with Crippen LogP contribution in [0.2, 0.25) is 0 Å². The highest BCUT2D eigenvalue weighted by Crippen LogP contribution is 2.48. The molecule has 1 saturated heterocycles. The molecule has 14 heavy (non-hydrogen) atoms. The maximum Gasteiger partial charge on any atom is 0.211 e. The van der Waals surface area contributed by atoms with Crippen LogP contribution in [0.5, 0.6) is 0 Å². The van der Waals surface area contributed by atoms with Crippen LogP contribution in [-0.4, -0.2) is 45.2 Å². The van der Waals surface area contributed by atoms with Gasteiger partial charge in [0.25, 0.3) is 0 Å². The Morgan fingerprint density at radius 2 is 2.07 bits per heavy atom. The topological polar surface area (TPSA) is 49.4 Å². The van der Waals surface area contributed by atoms with Gasteiger partial charge in [0.1, 0.15) is 0 Å². The zero-order valence-electron chi connectivity index (χ0n) is 8.78. The minimum absolute atomic E-state index is 0.302. The van der Waals surface area contributed by atoms with Crippen molar-refractivity contribution in [2.24, 2.45) is 5.41 Å². The van der Waals surface area contributed by atoms with Gasteiger partial charge in [-0.25, -0.2) is 12.7 Å². The van der Waals surface area contributed by atoms with Crippen molar-refractivity contribution in [3.8, 4) is 0 Å². The van der Waals surface area contributed by atoms with Gasteiger partial charge < -0.3 is 5.32 Å². The molecule has 2 rings (SSSR count). The molecule has 0 aromatic carbocycles. The second-order valence-corrected chi connectivity index (χ2v) is 6.72. The van der Waals surface area contributed by atoms with Crippen molar-refractivity contribution >= 4 is 10.0 Å². The van der Waals surface area contributed by atoms with E-state index in [9.17, 15) is 8.42 Å². The molecule has 0 radical (unpaired) electrons. The summed E-state index contributed by atoms with van der Waals surface area (Å²) in [6, 6.07) is 0.606. The van der Waals surface area contributed by atoms with Crippen molar-refractivity contribution < 1.29 is 8.42 Å². The largest absolute Gasteiger partial charge is 0.317 e. The molecule has 1 aliphatic carbocycles. The second-order valence-electron chi connectivity index (χ2n) is 4.74. The summed E-state index contributed by atoms with van der Waals surface area (Å²) in [4.78, 5) is 0. The standard InChI is InChI=1S/C9H18N2O2S/c1-10-8-5-9(6-8)3-4-11(7-9)14(2,12)13/h8,10H,3-7H2,1-2H3. The summed E-state index contributed by atoms with van der Waals surface area (Å²) in [5.74, 6) is 0. The van der Waals surface area contributed by atoms with Crippen LogP contribution in [0.25, 0.3) is 0 Å². The average molecular weight is 218 g/mol. The van der Waals surface area contributed by atoms with Gasteiger partial charge in [0.2, 0.25) is 10.0 Å². The molecular weight excluding hydrogens is 200 g/mol. The molecule has 1 N–H and O–H groups in total. The number of rotatable bonds is 2. The molecule has 0 aromatic rings. The van der Waals surface area contributed by atoms with Crippen molar-refractivity contribution in [2.45, 2.75) is 25.3 Å². The Hall–Kier alpha value is -0.130. The third-order valence-electron chi connectivity index (χ3n) is 3.64. The van der Waals surface area contributed by atoms with Crippen molar-refractivity contribution in [3.63, 3.8) is 0 Å². The van der Waals surface area contributed by atoms with Gasteiger partial charge in [0, 0.05) is 19.1 Å². The lowest BCUT2D eigenvalue weighted by atomic mass is 9.65. The van der Waals surface area contributed by atoms with E-state index in [1.165, 1.54) is 6.26 Å². The SMILES string of the molecule is CNC1CC2(CCN(S(C)(=O)=O)C2)C1. The van der Waals surface area contributed by atoms with Gasteiger partial charge in [-0.1, -0.05) is 0 Å². The molecule has 1 spiro atoms. The Bertz CT molecular complexity index is 320. The fourth-order valence-corrected chi connectivity index (χ4v) is 3.63. The molecular formula is C9H18N2O2S. The number of hydrogen-bond donors (Lipinski definition) is 1. The van der Waals surface area contributed by atoms with Gasteiger partial charge in [0.05, 0.1) is 6.26 Å². The smallest absolute Gasteiger partial charge is 0.211 e. The van der Waals surface area contributed by atoms with Gasteiger partial charge >= 0.3 is 0 Å². The highest BCUT2D eigenvalue weighted by molar-refractivity contribution is 7.88. The van der Waals surface area contributed by atoms with Crippen LogP contribution in [0, 0.1) is 5.41 Å². The van der Waals surface area contributed by atoms with Gasteiger partial charge in [-0.05, 0) is 31.7 Å². The molecule has 0 aromatic heterocycles. The first-order chi connectivity index (χ1) is 6.45. The van der Waals surface area contributed by atoms with E-state index in [2.05, 4.69) is 5.32 Å². The van der Waals surface area contributed by atoms with Crippen molar-refractivity contribution in [3.05, 3.63) is 0 Å². The van der Waals surface area contributed by atoms with Gasteiger partial charge in [-0.15, -0.1) is 0 Å². The van der Waals surface area contributed by atoms with Crippen LogP contribution in [0.4, 0.5) is 0 Å². The Morgan fingerprint density at radius 1 is 1.43 bits per heavy atom. The van der Waals surface area contributed by atoms with E-state index in [4.69, 9.17) is 0 Å². The summed E-state index contributed by atoms with van der Waals surface area (Å²) in [5, 5.41) is 3.24. The summed E-state index contributed by atoms with van der Waals surface area (Å²) < 4.78 is 24.3. The molecule has 0 unspecified atom stereocenters. The van der Waals surface area contributed by atoms with Crippen LogP contribution < -0.4 is 5.32 Å². The van der Waals surface area contributed by atoms with E-state index in [-0.39, 0.29) is 0 Å². The summed E-state index contributed by atoms with van der Waals surface area (Å²) in [6.45, 7) is 1.46. The number of nitrogens with zero attached hydrogens (tertiary/aromatic N) is 1. The van der Waals surface area contributed by atoms with Gasteiger partial charge in [-0.2, -0.15) is 0 Å². The van der Waals surface area contributed by atoms with Gasteiger partial charge in [-0.3, -0.25) is 0 Å². The van der Waals surface area contributed by atoms with E-state index in [1.54, 1.807) is 4.31 Å². The quantitative estimate of drug-likeness (QED) is 0.711. The Labute approximate surface area is 85.7 Å². The predicted octanol–water partition coefficient (Wildman–Crippen LogP) is 0.0199. The zero-order valence-corrected chi connectivity index (χ0v) is 9.60. The molecule has 2 aliphatic rings. The molecule has 1 aliphatic heterocycles. The molecule has 4 nitrogen and oxygen atoms in total. The van der Waals surface area contributed by atoms with Crippen LogP contribution in [0.3, 0.4) is 0 Å². The summed E-state index contributed by atoms with van der Waals surface area (Å²) >= 11 is 0. The monoisotopic (exact) mass is 218 g/mol. The zero-order chi connectivity index (χ0) is 10.4. The molecule has 0 bridgehead atoms. The third kappa shape index (κ3) is 1.68. The maximum atomic E-state index is 11.3. The highest BCUT2D eigenvalue weighted by atomic mass is 32.2. The lowest BCUT2D eigenvalue weighted by Crippen LogP contribution is -2.49. The number of hydrogen-bond acceptors (Lipinski definition) is 3. The van der Waals surface area contributed by atoms with Crippen molar-refractivity contribution in [2.75, 3.05) is 26.4 Å². The van der Waals surface area contributed by atoms with Crippen LogP contribution in [0.1, 0.15) is 19.3 Å². The Balaban J connectivity index is 1.97. The van der Waals surface area contributed by atoms with Crippen LogP contribution in [0.15, 0.2) is 0 Å². The first-order valence-electron chi connectivity index (χ1n) is 5.08. The molecule has 0 atom stereocenters. The maximum absolute atomic E-state index is 11.3. The number of sulfonamides is 1. The Morgan fingerprint density at radius 3 is 2.50 bits per heavy atom. The van der Waals surface area contributed by atoms with E-state index >= 15 is 0 Å². The van der Waals surface area contributed by atoms with Crippen molar-refractivity contribution in [1.82, 2.24) is 9.62 Å². The lowest BCUT2D eigenvalue weighted by molar-refractivity contribution is 0.104. The number of nitrogens with one attached hydrogen (secondary N) is 1. The fraction of sp³-hybridized carbons (Fsp3) is 1.00. The third-order valence-corrected chi connectivity index (χ3v) is 4.89. The highest BCUT2D eigenvalue weighted by Gasteiger charge is 2.49. The van der Waals surface area contributed by atoms with Crippen molar-refractivity contribution in [1.29, 1.82) is 0 Å². The summed E-state index contributed by atoms with van der Waals surface area (Å²) in [6.07, 6.45) is 4.61. The van der Waals surface area contributed by atoms with E-state index in [0.717, 1.165) is 32.4 Å². The minimum atomic E-state index is -2.96. The Kier molecular flexibility index (Phi) is 2.36. The summed E-state index contributed by atoms with van der Waals surface area (Å²) in [5.41, 5.74) is 0.302. The second kappa shape index (κ2) is 3.18. The van der Waals surface area contributed by atoms with Gasteiger partial charge in [0.15, 0.2) is 0 Å². The van der Waals surface area contributed by atoms with Crippen LogP contribution >= 0.6 is 0 Å². The first-order valence-corrected chi connectivity index (χ1v) is 6.92. The average Bonchev–Trinajstić information content (AvgIpc) is 2.43.